The first-order valence-electron chi connectivity index (χ1n) is 8.94. The van der Waals surface area contributed by atoms with Crippen LogP contribution in [0, 0.1) is 5.82 Å². The lowest BCUT2D eigenvalue weighted by Gasteiger charge is -2.32. The summed E-state index contributed by atoms with van der Waals surface area (Å²) >= 11 is 0. The largest absolute Gasteiger partial charge is 0.489 e. The number of imide groups is 1. The van der Waals surface area contributed by atoms with Crippen LogP contribution in [-0.2, 0) is 9.59 Å². The Morgan fingerprint density at radius 2 is 1.76 bits per heavy atom. The number of halogens is 1. The summed E-state index contributed by atoms with van der Waals surface area (Å²) in [6, 6.07) is 2.89. The van der Waals surface area contributed by atoms with Gasteiger partial charge in [-0.1, -0.05) is 6.92 Å². The molecule has 0 N–H and O–H groups in total. The topological polar surface area (TPSA) is 49.9 Å². The van der Waals surface area contributed by atoms with Gasteiger partial charge >= 0.3 is 0 Å². The van der Waals surface area contributed by atoms with Crippen molar-refractivity contribution < 1.29 is 18.7 Å². The number of benzene rings is 1. The smallest absolute Gasteiger partial charge is 0.261 e. The van der Waals surface area contributed by atoms with Gasteiger partial charge in [0.1, 0.15) is 12.4 Å². The monoisotopic (exact) mass is 344 g/mol. The van der Waals surface area contributed by atoms with Crippen molar-refractivity contribution in [2.75, 3.05) is 29.5 Å². The van der Waals surface area contributed by atoms with Gasteiger partial charge < -0.3 is 9.64 Å². The number of hydrogen-bond acceptors (Lipinski definition) is 4. The molecule has 2 amide bonds. The van der Waals surface area contributed by atoms with Crippen LogP contribution in [0.5, 0.6) is 5.75 Å². The minimum atomic E-state index is -0.598. The van der Waals surface area contributed by atoms with Gasteiger partial charge in [0, 0.05) is 23.8 Å². The van der Waals surface area contributed by atoms with Crippen LogP contribution in [0.4, 0.5) is 15.8 Å². The van der Waals surface area contributed by atoms with Gasteiger partial charge in [-0.05, 0) is 38.2 Å². The van der Waals surface area contributed by atoms with Crippen molar-refractivity contribution in [3.8, 4) is 5.75 Å². The molecule has 2 heterocycles. The molecule has 4 rings (SSSR count). The van der Waals surface area contributed by atoms with Crippen LogP contribution in [0.2, 0.25) is 0 Å². The van der Waals surface area contributed by atoms with E-state index in [0.717, 1.165) is 36.4 Å². The highest BCUT2D eigenvalue weighted by Crippen LogP contribution is 2.41. The molecule has 5 nitrogen and oxygen atoms in total. The lowest BCUT2D eigenvalue weighted by Crippen LogP contribution is -2.35. The van der Waals surface area contributed by atoms with E-state index in [0.29, 0.717) is 42.9 Å². The normalized spacial score (nSPS) is 19.9. The Balaban J connectivity index is 1.75. The first-order valence-corrected chi connectivity index (χ1v) is 8.94. The SMILES string of the molecule is CCCN1CCOc2cc(F)c(N3C(=O)C4=C(CCCC4)C3=O)cc21. The average Bonchev–Trinajstić information content (AvgIpc) is 2.87. The summed E-state index contributed by atoms with van der Waals surface area (Å²) in [5.74, 6) is -0.856. The summed E-state index contributed by atoms with van der Waals surface area (Å²) in [6.07, 6.45) is 3.96. The number of amides is 2. The zero-order chi connectivity index (χ0) is 17.6. The number of hydrogen-bond donors (Lipinski definition) is 0. The van der Waals surface area contributed by atoms with Crippen molar-refractivity contribution in [3.05, 3.63) is 29.1 Å². The molecule has 0 atom stereocenters. The lowest BCUT2D eigenvalue weighted by molar-refractivity contribution is -0.120. The number of ether oxygens (including phenoxy) is 1. The molecule has 1 aromatic carbocycles. The maximum atomic E-state index is 14.7. The molecule has 0 unspecified atom stereocenters. The molecule has 0 spiro atoms. The van der Waals surface area contributed by atoms with Gasteiger partial charge in [0.2, 0.25) is 0 Å². The summed E-state index contributed by atoms with van der Waals surface area (Å²) in [4.78, 5) is 28.6. The van der Waals surface area contributed by atoms with E-state index in [2.05, 4.69) is 11.8 Å². The van der Waals surface area contributed by atoms with E-state index in [-0.39, 0.29) is 17.5 Å². The van der Waals surface area contributed by atoms with Gasteiger partial charge in [-0.3, -0.25) is 9.59 Å². The Morgan fingerprint density at radius 1 is 1.08 bits per heavy atom. The quantitative estimate of drug-likeness (QED) is 0.790. The van der Waals surface area contributed by atoms with Crippen LogP contribution < -0.4 is 14.5 Å². The van der Waals surface area contributed by atoms with Gasteiger partial charge in [-0.2, -0.15) is 0 Å². The standard InChI is InChI=1S/C19H21FN2O3/c1-2-7-21-8-9-25-17-10-14(20)15(11-16(17)21)22-18(23)12-5-3-4-6-13(12)19(22)24/h10-11H,2-9H2,1H3. The zero-order valence-electron chi connectivity index (χ0n) is 14.3. The molecule has 3 aliphatic rings. The first-order chi connectivity index (χ1) is 12.1. The van der Waals surface area contributed by atoms with E-state index in [1.165, 1.54) is 6.07 Å². The third-order valence-electron chi connectivity index (χ3n) is 5.11. The Hall–Kier alpha value is -2.37. The number of anilines is 2. The van der Waals surface area contributed by atoms with Gasteiger partial charge in [0.25, 0.3) is 11.8 Å². The maximum Gasteiger partial charge on any atom is 0.261 e. The van der Waals surface area contributed by atoms with Crippen LogP contribution in [0.3, 0.4) is 0 Å². The van der Waals surface area contributed by atoms with Crippen LogP contribution in [0.15, 0.2) is 23.3 Å². The van der Waals surface area contributed by atoms with E-state index in [4.69, 9.17) is 4.74 Å². The van der Waals surface area contributed by atoms with Crippen LogP contribution >= 0.6 is 0 Å². The zero-order valence-corrected chi connectivity index (χ0v) is 14.3. The third kappa shape index (κ3) is 2.51. The number of nitrogens with zero attached hydrogens (tertiary/aromatic N) is 2. The highest BCUT2D eigenvalue weighted by molar-refractivity contribution is 6.33. The van der Waals surface area contributed by atoms with Gasteiger partial charge in [0.05, 0.1) is 17.9 Å². The van der Waals surface area contributed by atoms with Gasteiger partial charge in [-0.15, -0.1) is 0 Å². The lowest BCUT2D eigenvalue weighted by atomic mass is 9.93. The molecule has 2 aliphatic heterocycles. The number of fused-ring (bicyclic) bond motifs is 1. The Kier molecular flexibility index (Phi) is 3.98. The predicted octanol–water partition coefficient (Wildman–Crippen LogP) is 3.18. The summed E-state index contributed by atoms with van der Waals surface area (Å²) in [5, 5.41) is 0. The molecule has 132 valence electrons. The van der Waals surface area contributed by atoms with E-state index < -0.39 is 5.82 Å². The van der Waals surface area contributed by atoms with E-state index >= 15 is 0 Å². The molecule has 0 saturated carbocycles. The first kappa shape index (κ1) is 16.1. The summed E-state index contributed by atoms with van der Waals surface area (Å²) in [5.41, 5.74) is 1.91. The Morgan fingerprint density at radius 3 is 2.40 bits per heavy atom. The minimum Gasteiger partial charge on any atom is -0.489 e. The Bertz CT molecular complexity index is 759. The average molecular weight is 344 g/mol. The third-order valence-corrected chi connectivity index (χ3v) is 5.11. The summed E-state index contributed by atoms with van der Waals surface area (Å²) in [6.45, 7) is 4.11. The molecular formula is C19H21FN2O3. The van der Waals surface area contributed by atoms with E-state index in [9.17, 15) is 14.0 Å². The second kappa shape index (κ2) is 6.17. The second-order valence-corrected chi connectivity index (χ2v) is 6.72. The molecule has 0 aromatic heterocycles. The Labute approximate surface area is 146 Å². The highest BCUT2D eigenvalue weighted by atomic mass is 19.1. The van der Waals surface area contributed by atoms with Crippen molar-refractivity contribution >= 4 is 23.2 Å². The highest BCUT2D eigenvalue weighted by Gasteiger charge is 2.41. The van der Waals surface area contributed by atoms with Crippen molar-refractivity contribution in [1.29, 1.82) is 0 Å². The molecule has 0 fully saturated rings. The maximum absolute atomic E-state index is 14.7. The molecule has 1 aromatic rings. The summed E-state index contributed by atoms with van der Waals surface area (Å²) in [7, 11) is 0. The van der Waals surface area contributed by atoms with Crippen molar-refractivity contribution in [3.63, 3.8) is 0 Å². The van der Waals surface area contributed by atoms with Crippen LogP contribution in [0.25, 0.3) is 0 Å². The molecule has 1 aliphatic carbocycles. The van der Waals surface area contributed by atoms with E-state index in [1.54, 1.807) is 6.07 Å². The fourth-order valence-corrected chi connectivity index (χ4v) is 3.91. The van der Waals surface area contributed by atoms with Crippen LogP contribution in [0.1, 0.15) is 39.0 Å². The predicted molar refractivity (Wildman–Crippen MR) is 92.4 cm³/mol. The second-order valence-electron chi connectivity index (χ2n) is 6.72. The molecule has 0 radical (unpaired) electrons. The fraction of sp³-hybridized carbons (Fsp3) is 0.474. The number of carbonyl (C=O) groups is 2. The molecular weight excluding hydrogens is 323 g/mol. The molecule has 25 heavy (non-hydrogen) atoms. The van der Waals surface area contributed by atoms with Crippen molar-refractivity contribution in [1.82, 2.24) is 0 Å². The molecule has 0 bridgehead atoms. The molecule has 0 saturated heterocycles. The molecule has 6 heteroatoms. The van der Waals surface area contributed by atoms with Crippen LogP contribution in [-0.4, -0.2) is 31.5 Å². The van der Waals surface area contributed by atoms with E-state index in [1.807, 2.05) is 0 Å². The summed E-state index contributed by atoms with van der Waals surface area (Å²) < 4.78 is 20.3. The van der Waals surface area contributed by atoms with Crippen molar-refractivity contribution in [2.45, 2.75) is 39.0 Å². The van der Waals surface area contributed by atoms with Crippen molar-refractivity contribution in [2.24, 2.45) is 0 Å². The van der Waals surface area contributed by atoms with Gasteiger partial charge in [0.15, 0.2) is 5.82 Å². The minimum absolute atomic E-state index is 0.0368. The number of rotatable bonds is 3. The fourth-order valence-electron chi connectivity index (χ4n) is 3.91. The number of carbonyl (C=O) groups excluding carboxylic acids is 2. The van der Waals surface area contributed by atoms with Gasteiger partial charge in [-0.25, -0.2) is 9.29 Å².